The number of hydrogen-bond acceptors (Lipinski definition) is 6. The number of hydrogen-bond donors (Lipinski definition) is 3. The second-order valence-corrected chi connectivity index (χ2v) is 7.67. The molecule has 0 atom stereocenters. The number of halogens is 4. The zero-order valence-electron chi connectivity index (χ0n) is 16.0. The Bertz CT molecular complexity index is 979. The molecule has 0 bridgehead atoms. The van der Waals surface area contributed by atoms with Crippen LogP contribution in [0.15, 0.2) is 59.6 Å². The van der Waals surface area contributed by atoms with Crippen molar-refractivity contribution in [3.63, 3.8) is 0 Å². The minimum Gasteiger partial charge on any atom is -0.477 e. The summed E-state index contributed by atoms with van der Waals surface area (Å²) >= 11 is 1.04. The highest BCUT2D eigenvalue weighted by molar-refractivity contribution is 7.98. The molecule has 3 N–H and O–H groups in total. The van der Waals surface area contributed by atoms with Gasteiger partial charge < -0.3 is 10.1 Å². The van der Waals surface area contributed by atoms with Gasteiger partial charge in [0.2, 0.25) is 11.8 Å². The maximum Gasteiger partial charge on any atom is 0.397 e. The normalized spacial score (nSPS) is 14.8. The summed E-state index contributed by atoms with van der Waals surface area (Å²) in [4.78, 5) is 16.5. The van der Waals surface area contributed by atoms with Gasteiger partial charge in [-0.3, -0.25) is 14.9 Å². The van der Waals surface area contributed by atoms with E-state index in [1.165, 1.54) is 18.3 Å². The highest BCUT2D eigenvalue weighted by Crippen LogP contribution is 2.57. The predicted octanol–water partition coefficient (Wildman–Crippen LogP) is 4.92. The monoisotopic (exact) mass is 454 g/mol. The highest BCUT2D eigenvalue weighted by Gasteiger charge is 2.63. The van der Waals surface area contributed by atoms with Crippen LogP contribution in [0.5, 0.6) is 0 Å². The number of nitrogens with one attached hydrogen (secondary N) is 3. The standard InChI is InChI=1S/C20H18F4N4O2S/c21-17-14(18(29)28-31-13-4-2-1-3-5-13)6-7-16(27-17)26-11-8-15(25)30-12-19(9-10-19)20(22,23)24/h1-8,11,25H,9-10,12H2,(H,26,27)(H,28,29)/b11-8-,25-15?. The molecule has 0 spiro atoms. The number of carbonyl (C=O) groups is 1. The molecular formula is C20H18F4N4O2S. The molecule has 11 heteroatoms. The van der Waals surface area contributed by atoms with Gasteiger partial charge >= 0.3 is 6.18 Å². The van der Waals surface area contributed by atoms with Crippen molar-refractivity contribution in [3.05, 3.63) is 66.3 Å². The Morgan fingerprint density at radius 2 is 1.94 bits per heavy atom. The van der Waals surface area contributed by atoms with Crippen LogP contribution in [0.4, 0.5) is 23.4 Å². The lowest BCUT2D eigenvalue weighted by Crippen LogP contribution is -2.30. The molecule has 2 aromatic rings. The van der Waals surface area contributed by atoms with Crippen molar-refractivity contribution in [2.75, 3.05) is 11.9 Å². The average Bonchev–Trinajstić information content (AvgIpc) is 3.53. The number of amides is 1. The van der Waals surface area contributed by atoms with Gasteiger partial charge in [-0.25, -0.2) is 4.98 Å². The van der Waals surface area contributed by atoms with Crippen LogP contribution in [0.1, 0.15) is 23.2 Å². The Balaban J connectivity index is 1.48. The molecule has 1 saturated carbocycles. The summed E-state index contributed by atoms with van der Waals surface area (Å²) in [6.45, 7) is -0.614. The fourth-order valence-electron chi connectivity index (χ4n) is 2.46. The number of anilines is 1. The van der Waals surface area contributed by atoms with Gasteiger partial charge in [0.15, 0.2) is 0 Å². The number of aromatic nitrogens is 1. The first kappa shape index (κ1) is 22.6. The molecule has 0 unspecified atom stereocenters. The van der Waals surface area contributed by atoms with E-state index in [0.717, 1.165) is 22.9 Å². The summed E-state index contributed by atoms with van der Waals surface area (Å²) in [5.41, 5.74) is -2.11. The van der Waals surface area contributed by atoms with E-state index in [1.54, 1.807) is 24.3 Å². The van der Waals surface area contributed by atoms with Gasteiger partial charge in [0.25, 0.3) is 5.91 Å². The predicted molar refractivity (Wildman–Crippen MR) is 108 cm³/mol. The Kier molecular flexibility index (Phi) is 6.84. The second kappa shape index (κ2) is 9.38. The average molecular weight is 454 g/mol. The SMILES string of the molecule is N=C(/C=C\Nc1ccc(C(=O)NSc2ccccc2)c(F)n1)OCC1(C(F)(F)F)CC1. The van der Waals surface area contributed by atoms with Gasteiger partial charge in [0, 0.05) is 17.2 Å². The molecule has 1 amide bonds. The van der Waals surface area contributed by atoms with E-state index in [0.29, 0.717) is 0 Å². The summed E-state index contributed by atoms with van der Waals surface area (Å²) < 4.78 is 60.0. The van der Waals surface area contributed by atoms with E-state index in [1.807, 2.05) is 6.07 Å². The molecule has 1 aliphatic rings. The molecule has 0 saturated heterocycles. The zero-order valence-corrected chi connectivity index (χ0v) is 16.8. The minimum atomic E-state index is -4.36. The molecule has 3 rings (SSSR count). The van der Waals surface area contributed by atoms with Crippen LogP contribution in [0.2, 0.25) is 0 Å². The minimum absolute atomic E-state index is 0.0152. The Hall–Kier alpha value is -3.08. The van der Waals surface area contributed by atoms with E-state index in [4.69, 9.17) is 10.1 Å². The van der Waals surface area contributed by atoms with Gasteiger partial charge in [-0.1, -0.05) is 18.2 Å². The van der Waals surface area contributed by atoms with E-state index >= 15 is 0 Å². The molecule has 1 aromatic heterocycles. The summed E-state index contributed by atoms with van der Waals surface area (Å²) in [6, 6.07) is 11.6. The largest absolute Gasteiger partial charge is 0.477 e. The maximum atomic E-state index is 14.2. The zero-order chi connectivity index (χ0) is 22.5. The first-order valence-corrected chi connectivity index (χ1v) is 9.92. The van der Waals surface area contributed by atoms with Crippen LogP contribution in [0, 0.1) is 16.8 Å². The lowest BCUT2D eigenvalue weighted by atomic mass is 10.1. The second-order valence-electron chi connectivity index (χ2n) is 6.79. The molecule has 1 fully saturated rings. The van der Waals surface area contributed by atoms with Crippen LogP contribution < -0.4 is 10.0 Å². The third-order valence-electron chi connectivity index (χ3n) is 4.52. The number of carbonyl (C=O) groups excluding carboxylic acids is 1. The van der Waals surface area contributed by atoms with E-state index < -0.39 is 36.0 Å². The maximum absolute atomic E-state index is 14.2. The Morgan fingerprint density at radius 3 is 2.55 bits per heavy atom. The molecule has 164 valence electrons. The van der Waals surface area contributed by atoms with Crippen molar-refractivity contribution < 1.29 is 27.1 Å². The third-order valence-corrected chi connectivity index (χ3v) is 5.32. The topological polar surface area (TPSA) is 87.1 Å². The number of benzene rings is 1. The number of rotatable bonds is 8. The smallest absolute Gasteiger partial charge is 0.397 e. The summed E-state index contributed by atoms with van der Waals surface area (Å²) in [5, 5.41) is 10.1. The van der Waals surface area contributed by atoms with Crippen LogP contribution in [0.3, 0.4) is 0 Å². The molecule has 0 radical (unpaired) electrons. The van der Waals surface area contributed by atoms with E-state index in [2.05, 4.69) is 15.0 Å². The summed E-state index contributed by atoms with van der Waals surface area (Å²) in [5.74, 6) is -2.09. The number of ether oxygens (including phenoxy) is 1. The van der Waals surface area contributed by atoms with E-state index in [9.17, 15) is 22.4 Å². The molecular weight excluding hydrogens is 436 g/mol. The first-order chi connectivity index (χ1) is 14.7. The van der Waals surface area contributed by atoms with Gasteiger partial charge in [0.05, 0.1) is 5.56 Å². The summed E-state index contributed by atoms with van der Waals surface area (Å²) in [7, 11) is 0. The highest BCUT2D eigenvalue weighted by atomic mass is 32.2. The third kappa shape index (κ3) is 5.97. The van der Waals surface area contributed by atoms with Crippen LogP contribution in [-0.4, -0.2) is 29.6 Å². The number of alkyl halides is 3. The quantitative estimate of drug-likeness (QED) is 0.173. The molecule has 31 heavy (non-hydrogen) atoms. The number of pyridine rings is 1. The summed E-state index contributed by atoms with van der Waals surface area (Å²) in [6.07, 6.45) is -2.12. The molecule has 1 aromatic carbocycles. The van der Waals surface area contributed by atoms with Gasteiger partial charge in [-0.15, -0.1) is 0 Å². The lowest BCUT2D eigenvalue weighted by molar-refractivity contribution is -0.195. The van der Waals surface area contributed by atoms with Gasteiger partial charge in [-0.2, -0.15) is 17.6 Å². The van der Waals surface area contributed by atoms with Crippen LogP contribution >= 0.6 is 11.9 Å². The van der Waals surface area contributed by atoms with Crippen molar-refractivity contribution in [1.29, 1.82) is 5.41 Å². The van der Waals surface area contributed by atoms with Crippen LogP contribution in [0.25, 0.3) is 0 Å². The van der Waals surface area contributed by atoms with Gasteiger partial charge in [-0.05, 0) is 49.1 Å². The van der Waals surface area contributed by atoms with Crippen LogP contribution in [-0.2, 0) is 4.74 Å². The number of nitrogens with zero attached hydrogens (tertiary/aromatic N) is 1. The van der Waals surface area contributed by atoms with Crippen molar-refractivity contribution in [3.8, 4) is 0 Å². The fourth-order valence-corrected chi connectivity index (χ4v) is 3.07. The molecule has 6 nitrogen and oxygen atoms in total. The van der Waals surface area contributed by atoms with Crippen molar-refractivity contribution in [2.24, 2.45) is 5.41 Å². The van der Waals surface area contributed by atoms with Crippen molar-refractivity contribution >= 4 is 29.6 Å². The lowest BCUT2D eigenvalue weighted by Gasteiger charge is -2.18. The fraction of sp³-hybridized carbons (Fsp3) is 0.250. The molecule has 1 aliphatic carbocycles. The first-order valence-electron chi connectivity index (χ1n) is 9.10. The van der Waals surface area contributed by atoms with Crippen molar-refractivity contribution in [1.82, 2.24) is 9.71 Å². The van der Waals surface area contributed by atoms with E-state index in [-0.39, 0.29) is 24.2 Å². The Morgan fingerprint density at radius 1 is 1.23 bits per heavy atom. The van der Waals surface area contributed by atoms with Crippen molar-refractivity contribution in [2.45, 2.75) is 23.9 Å². The van der Waals surface area contributed by atoms with Gasteiger partial charge in [0.1, 0.15) is 17.8 Å². The molecule has 1 heterocycles. The Labute approximate surface area is 179 Å². The molecule has 0 aliphatic heterocycles.